The van der Waals surface area contributed by atoms with Gasteiger partial charge in [-0.2, -0.15) is 0 Å². The van der Waals surface area contributed by atoms with E-state index in [4.69, 9.17) is 0 Å². The molecule has 2 aliphatic rings. The van der Waals surface area contributed by atoms with Gasteiger partial charge in [0.2, 0.25) is 0 Å². The van der Waals surface area contributed by atoms with E-state index >= 15 is 0 Å². The summed E-state index contributed by atoms with van der Waals surface area (Å²) in [5.74, 6) is 1.42. The lowest BCUT2D eigenvalue weighted by Gasteiger charge is -2.42. The van der Waals surface area contributed by atoms with Crippen molar-refractivity contribution in [3.63, 3.8) is 0 Å². The smallest absolute Gasteiger partial charge is 0.253 e. The van der Waals surface area contributed by atoms with Crippen LogP contribution in [0, 0.1) is 5.41 Å². The maximum atomic E-state index is 13.1. The van der Waals surface area contributed by atoms with Gasteiger partial charge < -0.3 is 14.5 Å². The van der Waals surface area contributed by atoms with Gasteiger partial charge in [-0.1, -0.05) is 6.42 Å². The van der Waals surface area contributed by atoms with Crippen LogP contribution in [0.4, 0.5) is 0 Å². The molecule has 1 amide bonds. The van der Waals surface area contributed by atoms with E-state index in [1.165, 1.54) is 19.3 Å². The lowest BCUT2D eigenvalue weighted by molar-refractivity contribution is 0.0723. The summed E-state index contributed by atoms with van der Waals surface area (Å²) in [4.78, 5) is 18.3. The van der Waals surface area contributed by atoms with Crippen molar-refractivity contribution in [2.75, 3.05) is 13.1 Å². The van der Waals surface area contributed by atoms with Crippen LogP contribution < -0.4 is 0 Å². The summed E-state index contributed by atoms with van der Waals surface area (Å²) in [7, 11) is 1.99. The number of fused-ring (bicyclic) bond motifs is 1. The van der Waals surface area contributed by atoms with Crippen molar-refractivity contribution in [3.05, 3.63) is 48.2 Å². The average Bonchev–Trinajstić information content (AvgIpc) is 3.29. The van der Waals surface area contributed by atoms with Crippen LogP contribution in [0.3, 0.4) is 0 Å². The second-order valence-corrected chi connectivity index (χ2v) is 7.53. The maximum absolute atomic E-state index is 13.1. The Hall–Kier alpha value is -2.63. The summed E-state index contributed by atoms with van der Waals surface area (Å²) in [5.41, 5.74) is 2.01. The Morgan fingerprint density at radius 3 is 2.92 bits per heavy atom. The number of nitrogens with one attached hydrogen (secondary N) is 1. The van der Waals surface area contributed by atoms with E-state index in [9.17, 15) is 4.79 Å². The normalized spacial score (nSPS) is 21.8. The Balaban J connectivity index is 1.46. The number of nitrogens with zero attached hydrogens (tertiary/aromatic N) is 4. The predicted octanol–water partition coefficient (Wildman–Crippen LogP) is 2.71. The topological polar surface area (TPSA) is 66.8 Å². The molecule has 6 nitrogen and oxygen atoms in total. The summed E-state index contributed by atoms with van der Waals surface area (Å²) in [6.45, 7) is 1.56. The van der Waals surface area contributed by atoms with Gasteiger partial charge in [0, 0.05) is 48.7 Å². The third-order valence-corrected chi connectivity index (χ3v) is 6.14. The number of aromatic nitrogens is 4. The minimum absolute atomic E-state index is 0.124. The van der Waals surface area contributed by atoms with Crippen LogP contribution in [0.5, 0.6) is 0 Å². The molecule has 25 heavy (non-hydrogen) atoms. The van der Waals surface area contributed by atoms with Crippen LogP contribution in [-0.4, -0.2) is 43.6 Å². The minimum Gasteiger partial charge on any atom is -0.361 e. The molecular formula is C19H21N5O. The Labute approximate surface area is 145 Å². The van der Waals surface area contributed by atoms with Gasteiger partial charge in [0.25, 0.3) is 5.91 Å². The largest absolute Gasteiger partial charge is 0.361 e. The molecule has 1 saturated carbocycles. The van der Waals surface area contributed by atoms with Crippen molar-refractivity contribution in [3.8, 4) is 0 Å². The highest BCUT2D eigenvalue weighted by molar-refractivity contribution is 5.98. The monoisotopic (exact) mass is 335 g/mol. The average molecular weight is 335 g/mol. The molecule has 1 spiro atoms. The summed E-state index contributed by atoms with van der Waals surface area (Å²) < 4.78 is 2.00. The highest BCUT2D eigenvalue weighted by atomic mass is 16.2. The van der Waals surface area contributed by atoms with Crippen molar-refractivity contribution in [2.45, 2.75) is 25.2 Å². The number of hydrogen-bond donors (Lipinski definition) is 1. The molecule has 0 bridgehead atoms. The number of aryl methyl sites for hydroxylation is 1. The number of H-pyrrole nitrogens is 1. The van der Waals surface area contributed by atoms with Gasteiger partial charge in [-0.3, -0.25) is 4.79 Å². The predicted molar refractivity (Wildman–Crippen MR) is 94.2 cm³/mol. The first-order valence-electron chi connectivity index (χ1n) is 8.87. The third kappa shape index (κ3) is 2.13. The number of rotatable bonds is 2. The van der Waals surface area contributed by atoms with Gasteiger partial charge >= 0.3 is 0 Å². The quantitative estimate of drug-likeness (QED) is 0.783. The van der Waals surface area contributed by atoms with Crippen molar-refractivity contribution >= 4 is 16.8 Å². The molecule has 0 radical (unpaired) electrons. The van der Waals surface area contributed by atoms with Crippen LogP contribution in [0.1, 0.15) is 41.4 Å². The maximum Gasteiger partial charge on any atom is 0.253 e. The summed E-state index contributed by atoms with van der Waals surface area (Å²) in [6, 6.07) is 7.89. The Kier molecular flexibility index (Phi) is 3.04. The van der Waals surface area contributed by atoms with Crippen molar-refractivity contribution in [1.29, 1.82) is 0 Å². The van der Waals surface area contributed by atoms with Crippen LogP contribution in [0.15, 0.2) is 36.8 Å². The van der Waals surface area contributed by atoms with Gasteiger partial charge in [-0.15, -0.1) is 10.2 Å². The third-order valence-electron chi connectivity index (χ3n) is 6.14. The molecule has 1 aliphatic carbocycles. The van der Waals surface area contributed by atoms with E-state index in [1.807, 2.05) is 47.0 Å². The van der Waals surface area contributed by atoms with Gasteiger partial charge in [-0.05, 0) is 42.5 Å². The zero-order valence-electron chi connectivity index (χ0n) is 14.3. The molecule has 1 aromatic carbocycles. The standard InChI is InChI=1S/C19H21N5O/c1-23-12-21-22-17(23)15-10-24(11-19(15)6-2-7-19)18(25)14-3-4-16-13(9-14)5-8-20-16/h3-5,8-9,12,15,20H,2,6-7,10-11H2,1H3. The van der Waals surface area contributed by atoms with E-state index in [0.717, 1.165) is 35.4 Å². The summed E-state index contributed by atoms with van der Waals surface area (Å²) in [6.07, 6.45) is 7.25. The molecule has 5 rings (SSSR count). The van der Waals surface area contributed by atoms with Gasteiger partial charge in [-0.25, -0.2) is 0 Å². The first-order chi connectivity index (χ1) is 12.2. The molecule has 128 valence electrons. The second kappa shape index (κ2) is 5.18. The van der Waals surface area contributed by atoms with Crippen molar-refractivity contribution < 1.29 is 4.79 Å². The van der Waals surface area contributed by atoms with E-state index in [0.29, 0.717) is 0 Å². The summed E-state index contributed by atoms with van der Waals surface area (Å²) in [5, 5.41) is 9.48. The Bertz CT molecular complexity index is 952. The molecule has 1 aliphatic heterocycles. The van der Waals surface area contributed by atoms with Gasteiger partial charge in [0.15, 0.2) is 0 Å². The van der Waals surface area contributed by atoms with Crippen molar-refractivity contribution in [1.82, 2.24) is 24.6 Å². The molecule has 1 atom stereocenters. The fourth-order valence-electron chi connectivity index (χ4n) is 4.59. The number of hydrogen-bond acceptors (Lipinski definition) is 3. The van der Waals surface area contributed by atoms with E-state index in [1.54, 1.807) is 6.33 Å². The lowest BCUT2D eigenvalue weighted by Crippen LogP contribution is -2.38. The van der Waals surface area contributed by atoms with Gasteiger partial charge in [0.1, 0.15) is 12.2 Å². The number of amides is 1. The first-order valence-corrected chi connectivity index (χ1v) is 8.87. The second-order valence-electron chi connectivity index (χ2n) is 7.53. The molecule has 3 aromatic rings. The number of likely N-dealkylation sites (tertiary alicyclic amines) is 1. The van der Waals surface area contributed by atoms with Gasteiger partial charge in [0.05, 0.1) is 0 Å². The number of carbonyl (C=O) groups is 1. The van der Waals surface area contributed by atoms with E-state index in [-0.39, 0.29) is 17.2 Å². The van der Waals surface area contributed by atoms with Crippen LogP contribution in [-0.2, 0) is 7.05 Å². The van der Waals surface area contributed by atoms with E-state index < -0.39 is 0 Å². The zero-order valence-corrected chi connectivity index (χ0v) is 14.3. The van der Waals surface area contributed by atoms with Crippen LogP contribution in [0.25, 0.3) is 10.9 Å². The van der Waals surface area contributed by atoms with Crippen LogP contribution >= 0.6 is 0 Å². The Morgan fingerprint density at radius 1 is 1.32 bits per heavy atom. The zero-order chi connectivity index (χ0) is 17.0. The fourth-order valence-corrected chi connectivity index (χ4v) is 4.59. The lowest BCUT2D eigenvalue weighted by atomic mass is 9.62. The molecular weight excluding hydrogens is 314 g/mol. The molecule has 6 heteroatoms. The highest BCUT2D eigenvalue weighted by Crippen LogP contribution is 2.55. The molecule has 1 N–H and O–H groups in total. The van der Waals surface area contributed by atoms with Crippen LogP contribution in [0.2, 0.25) is 0 Å². The first kappa shape index (κ1) is 14.7. The Morgan fingerprint density at radius 2 is 2.20 bits per heavy atom. The molecule has 2 aromatic heterocycles. The molecule has 1 unspecified atom stereocenters. The number of benzene rings is 1. The minimum atomic E-state index is 0.124. The van der Waals surface area contributed by atoms with E-state index in [2.05, 4.69) is 15.2 Å². The number of carbonyl (C=O) groups excluding carboxylic acids is 1. The fraction of sp³-hybridized carbons (Fsp3) is 0.421. The SMILES string of the molecule is Cn1cnnc1C1CN(C(=O)c2ccc3[nH]ccc3c2)CC12CCC2. The van der Waals surface area contributed by atoms with Crippen molar-refractivity contribution in [2.24, 2.45) is 12.5 Å². The number of aromatic amines is 1. The molecule has 3 heterocycles. The molecule has 1 saturated heterocycles. The summed E-state index contributed by atoms with van der Waals surface area (Å²) >= 11 is 0. The molecule has 2 fully saturated rings. The highest BCUT2D eigenvalue weighted by Gasteiger charge is 2.53.